The van der Waals surface area contributed by atoms with Crippen molar-refractivity contribution in [3.63, 3.8) is 0 Å². The van der Waals surface area contributed by atoms with E-state index in [-0.39, 0.29) is 24.8 Å². The van der Waals surface area contributed by atoms with Gasteiger partial charge in [0.05, 0.1) is 12.6 Å². The number of anilines is 1. The predicted octanol–water partition coefficient (Wildman–Crippen LogP) is 0.0142. The minimum atomic E-state index is -1.14. The summed E-state index contributed by atoms with van der Waals surface area (Å²) in [4.78, 5) is 39.7. The molecule has 0 radical (unpaired) electrons. The zero-order chi connectivity index (χ0) is 18.5. The minimum Gasteiger partial charge on any atom is -0.391 e. The van der Waals surface area contributed by atoms with Crippen LogP contribution in [0.5, 0.6) is 0 Å². The van der Waals surface area contributed by atoms with Crippen molar-refractivity contribution in [1.82, 2.24) is 4.90 Å². The van der Waals surface area contributed by atoms with Gasteiger partial charge in [0.2, 0.25) is 11.8 Å². The van der Waals surface area contributed by atoms with Crippen LogP contribution in [0.2, 0.25) is 0 Å². The molecule has 3 amide bonds. The first-order chi connectivity index (χ1) is 11.7. The first kappa shape index (κ1) is 17.3. The zero-order valence-electron chi connectivity index (χ0n) is 14.0. The largest absolute Gasteiger partial charge is 0.391 e. The molecule has 3 rings (SSSR count). The van der Waals surface area contributed by atoms with E-state index < -0.39 is 35.3 Å². The minimum absolute atomic E-state index is 0.0919. The van der Waals surface area contributed by atoms with Crippen LogP contribution in [0.4, 0.5) is 10.1 Å². The molecule has 0 aromatic heterocycles. The lowest BCUT2D eigenvalue weighted by Crippen LogP contribution is -2.78. The van der Waals surface area contributed by atoms with Crippen LogP contribution in [-0.4, -0.2) is 52.0 Å². The van der Waals surface area contributed by atoms with Gasteiger partial charge in [-0.05, 0) is 37.1 Å². The van der Waals surface area contributed by atoms with Gasteiger partial charge in [0.1, 0.15) is 17.4 Å². The van der Waals surface area contributed by atoms with E-state index in [2.05, 4.69) is 0 Å². The highest BCUT2D eigenvalue weighted by molar-refractivity contribution is 6.11. The quantitative estimate of drug-likeness (QED) is 0.748. The molecule has 2 aliphatic rings. The second kappa shape index (κ2) is 5.80. The van der Waals surface area contributed by atoms with Crippen LogP contribution in [0.15, 0.2) is 24.3 Å². The topological polar surface area (TPSA) is 104 Å². The number of β-lactam (4-membered cyclic amide) rings is 1. The number of likely N-dealkylation sites (tertiary alicyclic amines) is 1. The molecule has 2 saturated heterocycles. The first-order valence-electron chi connectivity index (χ1n) is 8.07. The van der Waals surface area contributed by atoms with Gasteiger partial charge < -0.3 is 15.7 Å². The molecule has 0 saturated carbocycles. The highest BCUT2D eigenvalue weighted by atomic mass is 19.1. The fourth-order valence-electron chi connectivity index (χ4n) is 3.90. The number of halogens is 1. The van der Waals surface area contributed by atoms with Gasteiger partial charge in [-0.15, -0.1) is 0 Å². The Morgan fingerprint density at radius 2 is 1.96 bits per heavy atom. The van der Waals surface area contributed by atoms with Gasteiger partial charge >= 0.3 is 0 Å². The molecule has 25 heavy (non-hydrogen) atoms. The number of nitrogens with two attached hydrogens (primary N) is 1. The van der Waals surface area contributed by atoms with E-state index in [1.54, 1.807) is 6.92 Å². The Morgan fingerprint density at radius 1 is 1.36 bits per heavy atom. The third-order valence-electron chi connectivity index (χ3n) is 5.16. The molecule has 4 atom stereocenters. The van der Waals surface area contributed by atoms with Crippen LogP contribution < -0.4 is 10.6 Å². The van der Waals surface area contributed by atoms with Crippen molar-refractivity contribution in [3.05, 3.63) is 30.1 Å². The summed E-state index contributed by atoms with van der Waals surface area (Å²) in [6, 6.07) is 4.20. The molecule has 0 aliphatic carbocycles. The van der Waals surface area contributed by atoms with Gasteiger partial charge in [0.25, 0.3) is 5.91 Å². The highest BCUT2D eigenvalue weighted by Crippen LogP contribution is 2.47. The maximum atomic E-state index is 13.2. The zero-order valence-corrected chi connectivity index (χ0v) is 14.0. The molecule has 0 bridgehead atoms. The predicted molar refractivity (Wildman–Crippen MR) is 86.8 cm³/mol. The molecule has 1 aromatic rings. The Labute approximate surface area is 144 Å². The van der Waals surface area contributed by atoms with Gasteiger partial charge in [0, 0.05) is 12.1 Å². The van der Waals surface area contributed by atoms with Gasteiger partial charge in [-0.25, -0.2) is 4.39 Å². The van der Waals surface area contributed by atoms with Crippen LogP contribution in [0, 0.1) is 11.7 Å². The van der Waals surface area contributed by atoms with E-state index in [1.165, 1.54) is 41.0 Å². The molecule has 1 aromatic carbocycles. The highest BCUT2D eigenvalue weighted by Gasteiger charge is 2.66. The number of carbonyl (C=O) groups excluding carboxylic acids is 3. The maximum Gasteiger partial charge on any atom is 0.251 e. The number of nitrogens with zero attached hydrogens (tertiary/aromatic N) is 2. The Kier molecular flexibility index (Phi) is 4.03. The number of carbonyl (C=O) groups is 3. The van der Waals surface area contributed by atoms with Crippen LogP contribution >= 0.6 is 0 Å². The average molecular weight is 349 g/mol. The molecule has 2 aliphatic heterocycles. The van der Waals surface area contributed by atoms with Crippen molar-refractivity contribution >= 4 is 23.4 Å². The van der Waals surface area contributed by atoms with Crippen LogP contribution in [-0.2, 0) is 14.4 Å². The number of amides is 3. The molecule has 134 valence electrons. The molecule has 3 unspecified atom stereocenters. The van der Waals surface area contributed by atoms with Gasteiger partial charge in [-0.2, -0.15) is 0 Å². The molecule has 7 nitrogen and oxygen atoms in total. The molecule has 1 spiro atoms. The smallest absolute Gasteiger partial charge is 0.251 e. The van der Waals surface area contributed by atoms with E-state index in [4.69, 9.17) is 5.73 Å². The molecule has 2 heterocycles. The van der Waals surface area contributed by atoms with E-state index in [0.29, 0.717) is 5.69 Å². The summed E-state index contributed by atoms with van der Waals surface area (Å²) in [5.41, 5.74) is 4.61. The summed E-state index contributed by atoms with van der Waals surface area (Å²) in [5, 5.41) is 9.78. The first-order valence-corrected chi connectivity index (χ1v) is 8.07. The second-order valence-electron chi connectivity index (χ2n) is 6.76. The van der Waals surface area contributed by atoms with Crippen molar-refractivity contribution in [2.75, 3.05) is 11.4 Å². The molecular formula is C17H20FN3O4. The summed E-state index contributed by atoms with van der Waals surface area (Å²) in [5.74, 6) is -2.19. The van der Waals surface area contributed by atoms with Gasteiger partial charge in [-0.3, -0.25) is 19.3 Å². The molecule has 2 fully saturated rings. The number of rotatable bonds is 4. The van der Waals surface area contributed by atoms with Crippen molar-refractivity contribution in [2.24, 2.45) is 11.7 Å². The van der Waals surface area contributed by atoms with E-state index >= 15 is 0 Å². The normalized spacial score (nSPS) is 28.2. The molecule has 3 N–H and O–H groups in total. The summed E-state index contributed by atoms with van der Waals surface area (Å²) in [7, 11) is 0. The van der Waals surface area contributed by atoms with E-state index in [1.807, 2.05) is 0 Å². The standard InChI is InChI=1S/C17H20FN3O4/c1-9-7-13(23)21(12-5-3-11(18)4-6-12)17(9)8-20(16(17)25)14(10(2)22)15(19)24/h3-6,9-10,14,22H,7-8H2,1-2H3,(H2,19,24)/t9?,10-,14?,17?/m1/s1. The van der Waals surface area contributed by atoms with Crippen molar-refractivity contribution < 1.29 is 23.9 Å². The number of hydrogen-bond acceptors (Lipinski definition) is 4. The lowest BCUT2D eigenvalue weighted by molar-refractivity contribution is -0.164. The Bertz CT molecular complexity index is 736. The fraction of sp³-hybridized carbons (Fsp3) is 0.471. The number of aliphatic hydroxyl groups is 1. The van der Waals surface area contributed by atoms with Crippen LogP contribution in [0.1, 0.15) is 20.3 Å². The van der Waals surface area contributed by atoms with Gasteiger partial charge in [0.15, 0.2) is 0 Å². The van der Waals surface area contributed by atoms with Crippen LogP contribution in [0.25, 0.3) is 0 Å². The SMILES string of the molecule is CC1CC(=O)N(c2ccc(F)cc2)C12CN(C(C(N)=O)[C@@H](C)O)C2=O. The summed E-state index contributed by atoms with van der Waals surface area (Å²) in [6.45, 7) is 3.27. The Hall–Kier alpha value is -2.48. The maximum absolute atomic E-state index is 13.2. The van der Waals surface area contributed by atoms with E-state index in [9.17, 15) is 23.9 Å². The van der Waals surface area contributed by atoms with Crippen molar-refractivity contribution in [1.29, 1.82) is 0 Å². The summed E-state index contributed by atoms with van der Waals surface area (Å²) in [6.07, 6.45) is -0.946. The summed E-state index contributed by atoms with van der Waals surface area (Å²) >= 11 is 0. The van der Waals surface area contributed by atoms with Crippen molar-refractivity contribution in [2.45, 2.75) is 38.0 Å². The lowest BCUT2D eigenvalue weighted by atomic mass is 9.76. The number of benzene rings is 1. The third-order valence-corrected chi connectivity index (χ3v) is 5.16. The number of hydrogen-bond donors (Lipinski definition) is 2. The third kappa shape index (κ3) is 2.39. The van der Waals surface area contributed by atoms with E-state index in [0.717, 1.165) is 0 Å². The fourth-order valence-corrected chi connectivity index (χ4v) is 3.90. The van der Waals surface area contributed by atoms with Crippen molar-refractivity contribution in [3.8, 4) is 0 Å². The Morgan fingerprint density at radius 3 is 2.44 bits per heavy atom. The Balaban J connectivity index is 1.97. The number of aliphatic hydroxyl groups excluding tert-OH is 1. The summed E-state index contributed by atoms with van der Waals surface area (Å²) < 4.78 is 13.2. The molecule has 8 heteroatoms. The lowest BCUT2D eigenvalue weighted by Gasteiger charge is -2.55. The average Bonchev–Trinajstić information content (AvgIpc) is 2.79. The number of primary amides is 1. The monoisotopic (exact) mass is 349 g/mol. The molecular weight excluding hydrogens is 329 g/mol. The second-order valence-corrected chi connectivity index (χ2v) is 6.76. The van der Waals surface area contributed by atoms with Gasteiger partial charge in [-0.1, -0.05) is 6.92 Å². The van der Waals surface area contributed by atoms with Crippen LogP contribution in [0.3, 0.4) is 0 Å².